The average molecular weight is 294 g/mol. The maximum absolute atomic E-state index is 11.4. The van der Waals surface area contributed by atoms with Gasteiger partial charge in [0.2, 0.25) is 4.96 Å². The van der Waals surface area contributed by atoms with Crippen molar-refractivity contribution in [3.63, 3.8) is 0 Å². The number of nitrogens with zero attached hydrogens (tertiary/aromatic N) is 4. The smallest absolute Gasteiger partial charge is 0.307 e. The molecule has 0 radical (unpaired) electrons. The molecule has 1 fully saturated rings. The van der Waals surface area contributed by atoms with Gasteiger partial charge in [-0.2, -0.15) is 9.61 Å². The lowest BCUT2D eigenvalue weighted by Crippen LogP contribution is -2.25. The van der Waals surface area contributed by atoms with Crippen molar-refractivity contribution in [2.45, 2.75) is 51.4 Å². The van der Waals surface area contributed by atoms with Crippen molar-refractivity contribution in [2.75, 3.05) is 0 Å². The molecule has 6 nitrogen and oxygen atoms in total. The summed E-state index contributed by atoms with van der Waals surface area (Å²) in [6.07, 6.45) is 3.72. The Labute approximate surface area is 120 Å². The summed E-state index contributed by atoms with van der Waals surface area (Å²) in [5.41, 5.74) is 0. The van der Waals surface area contributed by atoms with Crippen LogP contribution < -0.4 is 0 Å². The number of fused-ring (bicyclic) bond motifs is 1. The van der Waals surface area contributed by atoms with E-state index >= 15 is 0 Å². The molecule has 1 aliphatic rings. The maximum atomic E-state index is 11.4. The Balaban J connectivity index is 1.98. The van der Waals surface area contributed by atoms with Crippen molar-refractivity contribution in [3.05, 3.63) is 10.8 Å². The number of aliphatic carboxylic acids is 1. The SMILES string of the molecule is CC(C)c1nnc2sc(C3CCCCC3C(=O)O)nn12. The molecule has 2 atom stereocenters. The Hall–Kier alpha value is -1.50. The standard InChI is InChI=1S/C13H18N4O2S/c1-7(2)10-14-15-13-17(10)16-11(20-13)8-5-3-4-6-9(8)12(18)19/h7-9H,3-6H2,1-2H3,(H,18,19). The first-order valence-electron chi connectivity index (χ1n) is 7.02. The van der Waals surface area contributed by atoms with E-state index in [0.29, 0.717) is 0 Å². The lowest BCUT2D eigenvalue weighted by molar-refractivity contribution is -0.143. The van der Waals surface area contributed by atoms with E-state index < -0.39 is 5.97 Å². The summed E-state index contributed by atoms with van der Waals surface area (Å²) < 4.78 is 1.78. The number of hydrogen-bond donors (Lipinski definition) is 1. The summed E-state index contributed by atoms with van der Waals surface area (Å²) >= 11 is 1.48. The van der Waals surface area contributed by atoms with Gasteiger partial charge in [0.15, 0.2) is 5.82 Å². The molecule has 0 aliphatic heterocycles. The van der Waals surface area contributed by atoms with Gasteiger partial charge in [0.25, 0.3) is 0 Å². The van der Waals surface area contributed by atoms with E-state index in [1.807, 2.05) is 0 Å². The van der Waals surface area contributed by atoms with Crippen LogP contribution in [0.3, 0.4) is 0 Å². The summed E-state index contributed by atoms with van der Waals surface area (Å²) in [5.74, 6) is 0.0968. The summed E-state index contributed by atoms with van der Waals surface area (Å²) in [6, 6.07) is 0. The summed E-state index contributed by atoms with van der Waals surface area (Å²) in [6.45, 7) is 4.10. The fourth-order valence-electron chi connectivity index (χ4n) is 2.88. The van der Waals surface area contributed by atoms with Gasteiger partial charge in [-0.1, -0.05) is 38.0 Å². The van der Waals surface area contributed by atoms with Crippen LogP contribution >= 0.6 is 11.3 Å². The average Bonchev–Trinajstić information content (AvgIpc) is 2.97. The number of aromatic nitrogens is 4. The number of rotatable bonds is 3. The van der Waals surface area contributed by atoms with E-state index in [9.17, 15) is 9.90 Å². The Bertz CT molecular complexity index is 633. The maximum Gasteiger partial charge on any atom is 0.307 e. The lowest BCUT2D eigenvalue weighted by atomic mass is 9.80. The molecule has 0 bridgehead atoms. The summed E-state index contributed by atoms with van der Waals surface area (Å²) in [7, 11) is 0. The highest BCUT2D eigenvalue weighted by Crippen LogP contribution is 2.39. The zero-order chi connectivity index (χ0) is 14.3. The van der Waals surface area contributed by atoms with Crippen LogP contribution in [0.5, 0.6) is 0 Å². The zero-order valence-electron chi connectivity index (χ0n) is 11.6. The lowest BCUT2D eigenvalue weighted by Gasteiger charge is -2.26. The molecule has 0 spiro atoms. The highest BCUT2D eigenvalue weighted by molar-refractivity contribution is 7.16. The van der Waals surface area contributed by atoms with Gasteiger partial charge < -0.3 is 5.11 Å². The van der Waals surface area contributed by atoms with Crippen LogP contribution in [0.15, 0.2) is 0 Å². The van der Waals surface area contributed by atoms with E-state index in [-0.39, 0.29) is 17.8 Å². The van der Waals surface area contributed by atoms with E-state index in [2.05, 4.69) is 29.1 Å². The fourth-order valence-corrected chi connectivity index (χ4v) is 3.92. The second-order valence-electron chi connectivity index (χ2n) is 5.68. The van der Waals surface area contributed by atoms with Crippen molar-refractivity contribution in [1.29, 1.82) is 0 Å². The monoisotopic (exact) mass is 294 g/mol. The van der Waals surface area contributed by atoms with Crippen molar-refractivity contribution >= 4 is 22.3 Å². The molecule has 108 valence electrons. The first-order chi connectivity index (χ1) is 9.58. The van der Waals surface area contributed by atoms with Crippen LogP contribution in [-0.4, -0.2) is 30.9 Å². The first-order valence-corrected chi connectivity index (χ1v) is 7.84. The Kier molecular flexibility index (Phi) is 3.45. The Morgan fingerprint density at radius 1 is 1.35 bits per heavy atom. The number of carbonyl (C=O) groups is 1. The van der Waals surface area contributed by atoms with E-state index in [1.54, 1.807) is 4.52 Å². The van der Waals surface area contributed by atoms with Crippen molar-refractivity contribution in [1.82, 2.24) is 19.8 Å². The molecule has 0 amide bonds. The molecule has 0 aromatic carbocycles. The molecule has 3 rings (SSSR count). The first kappa shape index (κ1) is 13.5. The van der Waals surface area contributed by atoms with Gasteiger partial charge in [0.05, 0.1) is 5.92 Å². The van der Waals surface area contributed by atoms with Gasteiger partial charge in [0.1, 0.15) is 5.01 Å². The second kappa shape index (κ2) is 5.12. The third-order valence-corrected chi connectivity index (χ3v) is 4.98. The van der Waals surface area contributed by atoms with E-state index in [0.717, 1.165) is 41.5 Å². The van der Waals surface area contributed by atoms with Gasteiger partial charge in [-0.05, 0) is 12.8 Å². The molecule has 2 heterocycles. The molecule has 1 saturated carbocycles. The van der Waals surface area contributed by atoms with Gasteiger partial charge in [-0.15, -0.1) is 10.2 Å². The molecule has 1 N–H and O–H groups in total. The largest absolute Gasteiger partial charge is 0.481 e. The van der Waals surface area contributed by atoms with Crippen molar-refractivity contribution < 1.29 is 9.90 Å². The second-order valence-corrected chi connectivity index (χ2v) is 6.67. The molecule has 7 heteroatoms. The van der Waals surface area contributed by atoms with Crippen molar-refractivity contribution in [2.24, 2.45) is 5.92 Å². The molecular formula is C13H18N4O2S. The summed E-state index contributed by atoms with van der Waals surface area (Å²) in [4.78, 5) is 12.2. The quantitative estimate of drug-likeness (QED) is 0.941. The molecule has 0 saturated heterocycles. The number of carboxylic acid groups (broad SMARTS) is 1. The Morgan fingerprint density at radius 2 is 2.10 bits per heavy atom. The van der Waals surface area contributed by atoms with Crippen LogP contribution in [0.4, 0.5) is 0 Å². The van der Waals surface area contributed by atoms with Gasteiger partial charge in [0, 0.05) is 11.8 Å². The van der Waals surface area contributed by atoms with Gasteiger partial charge >= 0.3 is 5.97 Å². The third kappa shape index (κ3) is 2.19. The van der Waals surface area contributed by atoms with Crippen LogP contribution in [0.2, 0.25) is 0 Å². The predicted molar refractivity (Wildman–Crippen MR) is 75.1 cm³/mol. The van der Waals surface area contributed by atoms with Gasteiger partial charge in [-0.3, -0.25) is 4.79 Å². The van der Waals surface area contributed by atoms with Crippen LogP contribution in [-0.2, 0) is 4.79 Å². The highest BCUT2D eigenvalue weighted by Gasteiger charge is 2.34. The van der Waals surface area contributed by atoms with E-state index in [4.69, 9.17) is 0 Å². The molecule has 2 aromatic rings. The van der Waals surface area contributed by atoms with Crippen LogP contribution in [0, 0.1) is 5.92 Å². The number of hydrogen-bond acceptors (Lipinski definition) is 5. The molecule has 1 aliphatic carbocycles. The third-order valence-electron chi connectivity index (χ3n) is 3.95. The van der Waals surface area contributed by atoms with Crippen molar-refractivity contribution in [3.8, 4) is 0 Å². The minimum absolute atomic E-state index is 0.0213. The normalized spacial score (nSPS) is 23.6. The minimum Gasteiger partial charge on any atom is -0.481 e. The molecule has 2 aromatic heterocycles. The predicted octanol–water partition coefficient (Wildman–Crippen LogP) is 2.67. The number of carboxylic acids is 1. The molecule has 20 heavy (non-hydrogen) atoms. The summed E-state index contributed by atoms with van der Waals surface area (Å²) in [5, 5.41) is 23.2. The zero-order valence-corrected chi connectivity index (χ0v) is 12.4. The topological polar surface area (TPSA) is 80.4 Å². The minimum atomic E-state index is -0.704. The van der Waals surface area contributed by atoms with E-state index in [1.165, 1.54) is 11.3 Å². The van der Waals surface area contributed by atoms with Crippen LogP contribution in [0.1, 0.15) is 62.2 Å². The fraction of sp³-hybridized carbons (Fsp3) is 0.692. The Morgan fingerprint density at radius 3 is 2.80 bits per heavy atom. The van der Waals surface area contributed by atoms with Crippen LogP contribution in [0.25, 0.3) is 4.96 Å². The van der Waals surface area contributed by atoms with Gasteiger partial charge in [-0.25, -0.2) is 0 Å². The molecule has 2 unspecified atom stereocenters. The highest BCUT2D eigenvalue weighted by atomic mass is 32.1. The molecular weight excluding hydrogens is 276 g/mol.